The number of ether oxygens (including phenoxy) is 1. The monoisotopic (exact) mass is 483 g/mol. The van der Waals surface area contributed by atoms with Crippen LogP contribution in [-0.4, -0.2) is 32.9 Å². The molecule has 9 heteroatoms. The molecule has 6 nitrogen and oxygen atoms in total. The number of amides is 1. The van der Waals surface area contributed by atoms with Gasteiger partial charge < -0.3 is 14.6 Å². The molecule has 2 bridgehead atoms. The molecular weight excluding hydrogens is 464 g/mol. The Morgan fingerprint density at radius 3 is 2.76 bits per heavy atom. The highest BCUT2D eigenvalue weighted by Gasteiger charge is 2.58. The molecule has 3 fully saturated rings. The number of hydrogen-bond acceptors (Lipinski definition) is 4. The molecule has 4 aliphatic rings. The summed E-state index contributed by atoms with van der Waals surface area (Å²) in [5.74, 6) is -1.51. The van der Waals surface area contributed by atoms with Crippen molar-refractivity contribution in [1.82, 2.24) is 14.9 Å². The number of benzene rings is 2. The summed E-state index contributed by atoms with van der Waals surface area (Å²) in [5.41, 5.74) is 1.13. The number of Topliss-reactive ketones (excluding diaryl/α,β-unsaturated/α-hetero) is 1. The molecule has 1 amide bonds. The molecule has 7 rings (SSSR count). The summed E-state index contributed by atoms with van der Waals surface area (Å²) in [6, 6.07) is 8.67. The van der Waals surface area contributed by atoms with E-state index in [1.165, 1.54) is 6.07 Å². The Morgan fingerprint density at radius 2 is 1.97 bits per heavy atom. The zero-order valence-electron chi connectivity index (χ0n) is 17.9. The van der Waals surface area contributed by atoms with Crippen molar-refractivity contribution in [1.29, 1.82) is 0 Å². The predicted molar refractivity (Wildman–Crippen MR) is 120 cm³/mol. The number of nitrogens with one attached hydrogen (secondary N) is 1. The van der Waals surface area contributed by atoms with Crippen LogP contribution in [0, 0.1) is 17.6 Å². The highest BCUT2D eigenvalue weighted by Crippen LogP contribution is 2.57. The normalized spacial score (nSPS) is 27.0. The number of fused-ring (bicyclic) bond motifs is 2. The summed E-state index contributed by atoms with van der Waals surface area (Å²) in [6.45, 7) is 0. The number of carbonyl (C=O) groups excluding carboxylic acids is 2. The van der Waals surface area contributed by atoms with E-state index in [1.54, 1.807) is 24.5 Å². The molecule has 0 saturated heterocycles. The minimum atomic E-state index is -0.911. The average Bonchev–Trinajstić information content (AvgIpc) is 3.49. The van der Waals surface area contributed by atoms with Gasteiger partial charge in [0.05, 0.1) is 24.0 Å². The molecule has 3 saturated carbocycles. The summed E-state index contributed by atoms with van der Waals surface area (Å²) >= 11 is 5.97. The van der Waals surface area contributed by atoms with E-state index in [0.717, 1.165) is 31.4 Å². The Labute approximate surface area is 198 Å². The van der Waals surface area contributed by atoms with Crippen molar-refractivity contribution >= 4 is 23.3 Å². The van der Waals surface area contributed by atoms with E-state index in [0.29, 0.717) is 33.5 Å². The summed E-state index contributed by atoms with van der Waals surface area (Å²) in [4.78, 5) is 29.9. The largest absolute Gasteiger partial charge is 0.479 e. The third kappa shape index (κ3) is 3.48. The van der Waals surface area contributed by atoms with Gasteiger partial charge in [-0.05, 0) is 61.6 Å². The second kappa shape index (κ2) is 7.63. The van der Waals surface area contributed by atoms with Gasteiger partial charge in [0.2, 0.25) is 0 Å². The molecule has 0 spiro atoms. The van der Waals surface area contributed by atoms with Gasteiger partial charge in [0.25, 0.3) is 5.91 Å². The molecule has 1 N–H and O–H groups in total. The van der Waals surface area contributed by atoms with Crippen molar-refractivity contribution in [3.05, 3.63) is 71.1 Å². The summed E-state index contributed by atoms with van der Waals surface area (Å²) in [5, 5.41) is 3.58. The lowest BCUT2D eigenvalue weighted by molar-refractivity contribution is -0.131. The van der Waals surface area contributed by atoms with Crippen LogP contribution in [0.3, 0.4) is 0 Å². The van der Waals surface area contributed by atoms with Crippen LogP contribution in [0.15, 0.2) is 48.9 Å². The third-order valence-electron chi connectivity index (χ3n) is 7.21. The highest BCUT2D eigenvalue weighted by atomic mass is 35.5. The Kier molecular flexibility index (Phi) is 4.78. The van der Waals surface area contributed by atoms with Crippen LogP contribution in [-0.2, 0) is 4.79 Å². The number of halogens is 3. The molecule has 1 unspecified atom stereocenters. The Morgan fingerprint density at radius 1 is 1.15 bits per heavy atom. The molecule has 3 aliphatic carbocycles. The lowest BCUT2D eigenvalue weighted by Gasteiger charge is -2.40. The number of rotatable bonds is 4. The first-order valence-electron chi connectivity index (χ1n) is 11.1. The van der Waals surface area contributed by atoms with Crippen LogP contribution < -0.4 is 10.1 Å². The topological polar surface area (TPSA) is 73.2 Å². The Bertz CT molecular complexity index is 1330. The maximum atomic E-state index is 13.6. The van der Waals surface area contributed by atoms with Gasteiger partial charge in [-0.3, -0.25) is 9.59 Å². The Balaban J connectivity index is 1.14. The maximum Gasteiger partial charge on any atom is 0.261 e. The van der Waals surface area contributed by atoms with Crippen LogP contribution in [0.2, 0.25) is 5.02 Å². The second-order valence-electron chi connectivity index (χ2n) is 9.42. The molecule has 1 aliphatic heterocycles. The Hall–Kier alpha value is -3.26. The number of imidazole rings is 1. The first-order chi connectivity index (χ1) is 16.3. The van der Waals surface area contributed by atoms with Crippen molar-refractivity contribution in [3.63, 3.8) is 0 Å². The number of carbonyl (C=O) groups is 2. The van der Waals surface area contributed by atoms with E-state index in [4.69, 9.17) is 16.3 Å². The number of aromatic nitrogens is 2. The lowest BCUT2D eigenvalue weighted by Crippen LogP contribution is -2.56. The van der Waals surface area contributed by atoms with E-state index in [1.807, 2.05) is 10.8 Å². The van der Waals surface area contributed by atoms with Gasteiger partial charge in [0.1, 0.15) is 5.75 Å². The SMILES string of the molecule is O=C1CC(C(=O)NC23CC(C2)[C@H](n2cnc(-c4ccc(F)c(F)c4)c2)C3)Oc2ccc(Cl)cc21. The van der Waals surface area contributed by atoms with E-state index in [2.05, 4.69) is 10.3 Å². The van der Waals surface area contributed by atoms with Crippen LogP contribution in [0.25, 0.3) is 11.3 Å². The number of nitrogens with zero attached hydrogens (tertiary/aromatic N) is 2. The van der Waals surface area contributed by atoms with Crippen molar-refractivity contribution in [3.8, 4) is 17.0 Å². The summed E-state index contributed by atoms with van der Waals surface area (Å²) in [6.07, 6.45) is 5.01. The lowest BCUT2D eigenvalue weighted by atomic mass is 9.76. The van der Waals surface area contributed by atoms with Gasteiger partial charge >= 0.3 is 0 Å². The fourth-order valence-corrected chi connectivity index (χ4v) is 5.73. The molecule has 2 heterocycles. The van der Waals surface area contributed by atoms with Gasteiger partial charge in [-0.2, -0.15) is 0 Å². The van der Waals surface area contributed by atoms with Crippen molar-refractivity contribution in [2.75, 3.05) is 0 Å². The summed E-state index contributed by atoms with van der Waals surface area (Å²) < 4.78 is 34.6. The fraction of sp³-hybridized carbons (Fsp3) is 0.320. The zero-order valence-corrected chi connectivity index (χ0v) is 18.7. The average molecular weight is 484 g/mol. The standard InChI is InChI=1S/C25H20ClF2N3O3/c26-15-2-4-22-16(6-15)21(32)7-23(34-22)24(33)30-25-8-14(9-25)20(10-25)31-11-19(29-12-31)13-1-3-17(27)18(28)5-13/h1-6,11-12,14,20,23H,7-10H2,(H,30,33)/t14?,20-,23?,25?/m1/s1. The zero-order chi connectivity index (χ0) is 23.6. The van der Waals surface area contributed by atoms with Gasteiger partial charge in [-0.15, -0.1) is 0 Å². The molecule has 1 aromatic heterocycles. The van der Waals surface area contributed by atoms with Crippen LogP contribution in [0.5, 0.6) is 5.75 Å². The first kappa shape index (κ1) is 21.3. The second-order valence-corrected chi connectivity index (χ2v) is 9.86. The van der Waals surface area contributed by atoms with Gasteiger partial charge in [-0.25, -0.2) is 13.8 Å². The van der Waals surface area contributed by atoms with E-state index < -0.39 is 17.7 Å². The summed E-state index contributed by atoms with van der Waals surface area (Å²) in [7, 11) is 0. The number of ketones is 1. The molecule has 174 valence electrons. The van der Waals surface area contributed by atoms with Crippen LogP contribution in [0.1, 0.15) is 42.1 Å². The minimum Gasteiger partial charge on any atom is -0.479 e. The van der Waals surface area contributed by atoms with Crippen molar-refractivity contribution in [2.24, 2.45) is 5.92 Å². The minimum absolute atomic E-state index is 0.0266. The molecule has 3 aromatic rings. The number of hydrogen-bond donors (Lipinski definition) is 1. The van der Waals surface area contributed by atoms with E-state index in [-0.39, 0.29) is 29.7 Å². The van der Waals surface area contributed by atoms with Gasteiger partial charge in [0.15, 0.2) is 23.5 Å². The first-order valence-corrected chi connectivity index (χ1v) is 11.5. The van der Waals surface area contributed by atoms with E-state index in [9.17, 15) is 18.4 Å². The third-order valence-corrected chi connectivity index (χ3v) is 7.45. The molecule has 2 atom stereocenters. The van der Waals surface area contributed by atoms with Crippen molar-refractivity contribution in [2.45, 2.75) is 43.4 Å². The van der Waals surface area contributed by atoms with Crippen molar-refractivity contribution < 1.29 is 23.1 Å². The van der Waals surface area contributed by atoms with Gasteiger partial charge in [0, 0.05) is 28.4 Å². The maximum absolute atomic E-state index is 13.6. The molecule has 34 heavy (non-hydrogen) atoms. The fourth-order valence-electron chi connectivity index (χ4n) is 5.56. The quantitative estimate of drug-likeness (QED) is 0.582. The van der Waals surface area contributed by atoms with Gasteiger partial charge in [-0.1, -0.05) is 11.6 Å². The van der Waals surface area contributed by atoms with Crippen LogP contribution >= 0.6 is 11.6 Å². The predicted octanol–water partition coefficient (Wildman–Crippen LogP) is 4.73. The molecular formula is C25H20ClF2N3O3. The molecule has 2 aromatic carbocycles. The smallest absolute Gasteiger partial charge is 0.261 e. The molecule has 0 radical (unpaired) electrons. The highest BCUT2D eigenvalue weighted by molar-refractivity contribution is 6.31. The van der Waals surface area contributed by atoms with E-state index >= 15 is 0 Å². The van der Waals surface area contributed by atoms with Crippen LogP contribution in [0.4, 0.5) is 8.78 Å².